The van der Waals surface area contributed by atoms with Crippen LogP contribution in [0.3, 0.4) is 0 Å². The third-order valence-electron chi connectivity index (χ3n) is 8.15. The lowest BCUT2D eigenvalue weighted by molar-refractivity contribution is -0.140. The van der Waals surface area contributed by atoms with Crippen molar-refractivity contribution in [2.45, 2.75) is 84.7 Å². The van der Waals surface area contributed by atoms with Crippen molar-refractivity contribution in [1.29, 1.82) is 0 Å². The lowest BCUT2D eigenvalue weighted by Crippen LogP contribution is -2.61. The van der Waals surface area contributed by atoms with Gasteiger partial charge in [-0.2, -0.15) is 0 Å². The Morgan fingerprint density at radius 1 is 0.979 bits per heavy atom. The quantitative estimate of drug-likeness (QED) is 0.109. The first-order valence-electron chi connectivity index (χ1n) is 15.4. The second kappa shape index (κ2) is 16.1. The molecule has 3 atom stereocenters. The Kier molecular flexibility index (Phi) is 13.3. The highest BCUT2D eigenvalue weighted by atomic mass is 32.2. The van der Waals surface area contributed by atoms with Gasteiger partial charge in [-0.1, -0.05) is 114 Å². The van der Waals surface area contributed by atoms with Crippen molar-refractivity contribution in [2.24, 2.45) is 16.4 Å². The van der Waals surface area contributed by atoms with Gasteiger partial charge in [-0.3, -0.25) is 14.4 Å². The third-order valence-corrected chi connectivity index (χ3v) is 9.36. The molecule has 12 nitrogen and oxygen atoms in total. The Morgan fingerprint density at radius 3 is 2.04 bits per heavy atom. The van der Waals surface area contributed by atoms with Gasteiger partial charge >= 0.3 is 0 Å². The van der Waals surface area contributed by atoms with Crippen LogP contribution in [0.25, 0.3) is 10.4 Å². The maximum atomic E-state index is 14.1. The fourth-order valence-corrected chi connectivity index (χ4v) is 6.50. The second-order valence-electron chi connectivity index (χ2n) is 13.7. The molecule has 3 amide bonds. The van der Waals surface area contributed by atoms with Gasteiger partial charge in [0.2, 0.25) is 21.8 Å². The fourth-order valence-electron chi connectivity index (χ4n) is 5.36. The molecular formula is C34H49N7O5S. The zero-order chi connectivity index (χ0) is 35.7. The molecule has 0 aliphatic rings. The van der Waals surface area contributed by atoms with E-state index >= 15 is 0 Å². The van der Waals surface area contributed by atoms with E-state index in [4.69, 9.17) is 5.53 Å². The molecule has 47 heavy (non-hydrogen) atoms. The minimum Gasteiger partial charge on any atom is -0.342 e. The van der Waals surface area contributed by atoms with E-state index in [1.54, 1.807) is 74.8 Å². The summed E-state index contributed by atoms with van der Waals surface area (Å²) in [4.78, 5) is 45.2. The first-order valence-corrected chi connectivity index (χ1v) is 17.1. The van der Waals surface area contributed by atoms with Gasteiger partial charge < -0.3 is 15.5 Å². The van der Waals surface area contributed by atoms with Crippen molar-refractivity contribution in [1.82, 2.24) is 20.3 Å². The van der Waals surface area contributed by atoms with Gasteiger partial charge in [0.1, 0.15) is 6.04 Å². The monoisotopic (exact) mass is 667 g/mol. The van der Waals surface area contributed by atoms with Gasteiger partial charge in [-0.05, 0) is 42.0 Å². The molecule has 0 saturated carbocycles. The van der Waals surface area contributed by atoms with Crippen molar-refractivity contribution < 1.29 is 22.8 Å². The van der Waals surface area contributed by atoms with E-state index in [2.05, 4.69) is 25.4 Å². The molecule has 0 bridgehead atoms. The van der Waals surface area contributed by atoms with Crippen molar-refractivity contribution in [3.63, 3.8) is 0 Å². The summed E-state index contributed by atoms with van der Waals surface area (Å²) >= 11 is 0. The minimum absolute atomic E-state index is 0.139. The number of rotatable bonds is 14. The van der Waals surface area contributed by atoms with Crippen LogP contribution in [0.2, 0.25) is 0 Å². The summed E-state index contributed by atoms with van der Waals surface area (Å²) < 4.78 is 27.5. The maximum Gasteiger partial charge on any atom is 0.260 e. The number of azide groups is 1. The smallest absolute Gasteiger partial charge is 0.260 e. The Labute approximate surface area is 279 Å². The fraction of sp³-hybridized carbons (Fsp3) is 0.500. The highest BCUT2D eigenvalue weighted by molar-refractivity contribution is 7.89. The van der Waals surface area contributed by atoms with E-state index < -0.39 is 44.9 Å². The van der Waals surface area contributed by atoms with E-state index in [9.17, 15) is 22.8 Å². The topological polar surface area (TPSA) is 173 Å². The number of sulfonamides is 1. The average Bonchev–Trinajstić information content (AvgIpc) is 2.97. The number of carbonyl (C=O) groups excluding carboxylic acids is 3. The van der Waals surface area contributed by atoms with E-state index in [0.717, 1.165) is 5.56 Å². The van der Waals surface area contributed by atoms with Crippen molar-refractivity contribution in [3.05, 3.63) is 87.8 Å². The summed E-state index contributed by atoms with van der Waals surface area (Å²) in [6.07, 6.45) is 1.58. The zero-order valence-electron chi connectivity index (χ0n) is 29.0. The number of hydrogen-bond donors (Lipinski definition) is 3. The summed E-state index contributed by atoms with van der Waals surface area (Å²) in [7, 11) is -0.677. The number of benzene rings is 2. The van der Waals surface area contributed by atoms with Crippen LogP contribution < -0.4 is 15.4 Å². The molecular weight excluding hydrogens is 618 g/mol. The molecule has 13 heteroatoms. The van der Waals surface area contributed by atoms with E-state index in [1.807, 2.05) is 48.5 Å². The Bertz CT molecular complexity index is 1590. The van der Waals surface area contributed by atoms with E-state index in [0.29, 0.717) is 11.3 Å². The third kappa shape index (κ3) is 10.7. The molecule has 3 N–H and O–H groups in total. The standard InChI is InChI=1S/C34H49N7O5S/c1-22(2)27(20-23(3)30(42)39-47(45,46)21-24-14-12-11-13-15-24)41(10)32(44)29(33(4,5)6)37-31(43)28(36-9)34(7,8)25-16-18-26(19-17-25)38-40-35/h11-20,22,27-29,36H,21H2,1-10H3,(H,37,43)(H,39,42)/b23-20+/t27-,28-,29-/m1/s1. The number of likely N-dealkylation sites (N-methyl/N-ethyl adjacent to an activating group) is 2. The molecule has 2 aromatic carbocycles. The van der Waals surface area contributed by atoms with Crippen LogP contribution in [0.1, 0.15) is 66.5 Å². The summed E-state index contributed by atoms with van der Waals surface area (Å²) in [5.41, 5.74) is 9.27. The minimum atomic E-state index is -3.96. The molecule has 0 saturated heterocycles. The zero-order valence-corrected chi connectivity index (χ0v) is 29.8. The molecule has 0 heterocycles. The van der Waals surface area contributed by atoms with Gasteiger partial charge in [0.15, 0.2) is 0 Å². The Hall–Kier alpha value is -4.19. The number of hydrogen-bond acceptors (Lipinski definition) is 7. The number of nitrogens with one attached hydrogen (secondary N) is 3. The predicted molar refractivity (Wildman–Crippen MR) is 185 cm³/mol. The molecule has 0 fully saturated rings. The molecule has 256 valence electrons. The molecule has 0 aliphatic heterocycles. The molecule has 0 radical (unpaired) electrons. The van der Waals surface area contributed by atoms with E-state index in [-0.39, 0.29) is 29.1 Å². The normalized spacial score (nSPS) is 14.4. The predicted octanol–water partition coefficient (Wildman–Crippen LogP) is 5.10. The van der Waals surface area contributed by atoms with Crippen LogP contribution in [0.5, 0.6) is 0 Å². The van der Waals surface area contributed by atoms with Crippen molar-refractivity contribution in [2.75, 3.05) is 14.1 Å². The van der Waals surface area contributed by atoms with Gasteiger partial charge in [0, 0.05) is 28.6 Å². The first kappa shape index (κ1) is 39.0. The SMILES string of the molecule is CN[C@H](C(=O)N[C@H](C(=O)N(C)[C@H](/C=C(\C)C(=O)NS(=O)(=O)Cc1ccccc1)C(C)C)C(C)(C)C)C(C)(C)c1ccc(N=[N+]=[N-])cc1. The van der Waals surface area contributed by atoms with Crippen LogP contribution in [0, 0.1) is 11.3 Å². The Balaban J connectivity index is 2.31. The molecule has 2 rings (SSSR count). The molecule has 0 unspecified atom stereocenters. The first-order chi connectivity index (χ1) is 21.7. The maximum absolute atomic E-state index is 14.1. The van der Waals surface area contributed by atoms with Crippen LogP contribution in [0.15, 0.2) is 71.4 Å². The summed E-state index contributed by atoms with van der Waals surface area (Å²) in [6.45, 7) is 14.7. The van der Waals surface area contributed by atoms with Gasteiger partial charge in [0.05, 0.1) is 17.8 Å². The molecule has 0 aromatic heterocycles. The Morgan fingerprint density at radius 2 is 1.55 bits per heavy atom. The van der Waals surface area contributed by atoms with Gasteiger partial charge in [-0.25, -0.2) is 13.1 Å². The van der Waals surface area contributed by atoms with Crippen LogP contribution >= 0.6 is 0 Å². The van der Waals surface area contributed by atoms with Crippen LogP contribution in [-0.2, 0) is 35.6 Å². The lowest BCUT2D eigenvalue weighted by atomic mass is 9.76. The van der Waals surface area contributed by atoms with Crippen molar-refractivity contribution in [3.8, 4) is 0 Å². The number of nitrogens with zero attached hydrogens (tertiary/aromatic N) is 4. The number of carbonyl (C=O) groups is 3. The highest BCUT2D eigenvalue weighted by Crippen LogP contribution is 2.30. The van der Waals surface area contributed by atoms with Gasteiger partial charge in [0.25, 0.3) is 5.91 Å². The van der Waals surface area contributed by atoms with Gasteiger partial charge in [-0.15, -0.1) is 0 Å². The van der Waals surface area contributed by atoms with Crippen LogP contribution in [0.4, 0.5) is 5.69 Å². The summed E-state index contributed by atoms with van der Waals surface area (Å²) in [5.74, 6) is -2.02. The lowest BCUT2D eigenvalue weighted by Gasteiger charge is -2.40. The second-order valence-corrected chi connectivity index (χ2v) is 15.4. The highest BCUT2D eigenvalue weighted by Gasteiger charge is 2.41. The molecule has 0 aliphatic carbocycles. The average molecular weight is 668 g/mol. The summed E-state index contributed by atoms with van der Waals surface area (Å²) in [5, 5.41) is 9.69. The number of amides is 3. The van der Waals surface area contributed by atoms with Crippen LogP contribution in [-0.4, -0.2) is 63.3 Å². The molecule has 0 spiro atoms. The van der Waals surface area contributed by atoms with E-state index in [1.165, 1.54) is 11.8 Å². The summed E-state index contributed by atoms with van der Waals surface area (Å²) in [6, 6.07) is 13.2. The largest absolute Gasteiger partial charge is 0.342 e. The van der Waals surface area contributed by atoms with Crippen molar-refractivity contribution >= 4 is 33.4 Å². The molecule has 2 aromatic rings.